The first kappa shape index (κ1) is 15.4. The number of nitrogens with zero attached hydrogens (tertiary/aromatic N) is 2. The van der Waals surface area contributed by atoms with Crippen LogP contribution in [0.1, 0.15) is 39.7 Å². The van der Waals surface area contributed by atoms with Gasteiger partial charge in [-0.05, 0) is 26.8 Å². The highest BCUT2D eigenvalue weighted by atomic mass is 32.1. The van der Waals surface area contributed by atoms with Gasteiger partial charge in [-0.2, -0.15) is 0 Å². The maximum Gasteiger partial charge on any atom is 0.265 e. The summed E-state index contributed by atoms with van der Waals surface area (Å²) in [7, 11) is 3.72. The van der Waals surface area contributed by atoms with E-state index in [9.17, 15) is 4.79 Å². The molecule has 6 nitrogen and oxygen atoms in total. The van der Waals surface area contributed by atoms with Crippen LogP contribution in [-0.2, 0) is 0 Å². The lowest BCUT2D eigenvalue weighted by molar-refractivity contribution is 0.0944. The minimum absolute atomic E-state index is 0.153. The molecule has 3 N–H and O–H groups in total. The maximum absolute atomic E-state index is 12.3. The van der Waals surface area contributed by atoms with Crippen LogP contribution in [0.2, 0.25) is 0 Å². The van der Waals surface area contributed by atoms with Crippen LogP contribution in [0, 0.1) is 13.8 Å². The van der Waals surface area contributed by atoms with Crippen LogP contribution in [0.4, 0.5) is 10.9 Å². The summed E-state index contributed by atoms with van der Waals surface area (Å²) >= 11 is 1.28. The smallest absolute Gasteiger partial charge is 0.265 e. The third-order valence-corrected chi connectivity index (χ3v) is 4.36. The summed E-state index contributed by atoms with van der Waals surface area (Å²) in [6, 6.07) is 1.78. The molecule has 2 rings (SSSR count). The highest BCUT2D eigenvalue weighted by Gasteiger charge is 2.21. The third-order valence-electron chi connectivity index (χ3n) is 3.12. The SMILES string of the molecule is Cc1cc(C(C)NC(=O)c2sc(N(C)C)nc2N)c(C)o1. The number of anilines is 2. The molecule has 0 fully saturated rings. The van der Waals surface area contributed by atoms with E-state index in [2.05, 4.69) is 10.3 Å². The summed E-state index contributed by atoms with van der Waals surface area (Å²) < 4.78 is 5.49. The quantitative estimate of drug-likeness (QED) is 0.906. The van der Waals surface area contributed by atoms with E-state index in [1.807, 2.05) is 45.8 Å². The number of hydrogen-bond donors (Lipinski definition) is 2. The van der Waals surface area contributed by atoms with E-state index in [4.69, 9.17) is 10.2 Å². The molecule has 1 atom stereocenters. The molecule has 1 amide bonds. The van der Waals surface area contributed by atoms with Crippen molar-refractivity contribution in [2.24, 2.45) is 0 Å². The standard InChI is InChI=1S/C14H20N4O2S/c1-7-6-10(9(3)20-7)8(2)16-13(19)11-12(15)17-14(21-11)18(4)5/h6,8H,15H2,1-5H3,(H,16,19). The van der Waals surface area contributed by atoms with Crippen molar-refractivity contribution in [2.45, 2.75) is 26.8 Å². The minimum Gasteiger partial charge on any atom is -0.466 e. The lowest BCUT2D eigenvalue weighted by atomic mass is 10.1. The maximum atomic E-state index is 12.3. The van der Waals surface area contributed by atoms with Crippen molar-refractivity contribution in [1.82, 2.24) is 10.3 Å². The fraction of sp³-hybridized carbons (Fsp3) is 0.429. The monoisotopic (exact) mass is 308 g/mol. The van der Waals surface area contributed by atoms with Gasteiger partial charge in [0.25, 0.3) is 5.91 Å². The summed E-state index contributed by atoms with van der Waals surface area (Å²) in [5.74, 6) is 1.68. The fourth-order valence-corrected chi connectivity index (χ4v) is 2.91. The zero-order chi connectivity index (χ0) is 15.7. The van der Waals surface area contributed by atoms with Crippen LogP contribution in [0.25, 0.3) is 0 Å². The zero-order valence-corrected chi connectivity index (χ0v) is 13.7. The molecule has 0 aliphatic heterocycles. The molecule has 2 aromatic heterocycles. The van der Waals surface area contributed by atoms with Gasteiger partial charge in [-0.1, -0.05) is 11.3 Å². The number of carbonyl (C=O) groups excluding carboxylic acids is 1. The second kappa shape index (κ2) is 5.77. The summed E-state index contributed by atoms with van der Waals surface area (Å²) in [5, 5.41) is 3.64. The Hall–Kier alpha value is -2.02. The van der Waals surface area contributed by atoms with Gasteiger partial charge in [-0.15, -0.1) is 0 Å². The lowest BCUT2D eigenvalue weighted by Gasteiger charge is -2.12. The van der Waals surface area contributed by atoms with E-state index in [1.165, 1.54) is 11.3 Å². The Morgan fingerprint density at radius 2 is 2.14 bits per heavy atom. The van der Waals surface area contributed by atoms with Gasteiger partial charge in [0, 0.05) is 19.7 Å². The third kappa shape index (κ3) is 3.18. The average Bonchev–Trinajstić information content (AvgIpc) is 2.92. The summed E-state index contributed by atoms with van der Waals surface area (Å²) in [4.78, 5) is 18.8. The molecule has 0 aliphatic carbocycles. The highest BCUT2D eigenvalue weighted by molar-refractivity contribution is 7.18. The van der Waals surface area contributed by atoms with Crippen LogP contribution in [0.3, 0.4) is 0 Å². The summed E-state index contributed by atoms with van der Waals surface area (Å²) in [5.41, 5.74) is 6.79. The van der Waals surface area contributed by atoms with Gasteiger partial charge in [0.1, 0.15) is 22.2 Å². The number of carbonyl (C=O) groups is 1. The number of aryl methyl sites for hydroxylation is 2. The predicted octanol–water partition coefficient (Wildman–Crippen LogP) is 2.49. The Morgan fingerprint density at radius 3 is 2.62 bits per heavy atom. The molecule has 2 heterocycles. The van der Waals surface area contributed by atoms with Gasteiger partial charge in [0.05, 0.1) is 6.04 Å². The van der Waals surface area contributed by atoms with E-state index in [0.29, 0.717) is 10.0 Å². The number of nitrogens with one attached hydrogen (secondary N) is 1. The number of aromatic nitrogens is 1. The second-order valence-electron chi connectivity index (χ2n) is 5.17. The van der Waals surface area contributed by atoms with Gasteiger partial charge in [0.2, 0.25) is 0 Å². The second-order valence-corrected chi connectivity index (χ2v) is 6.15. The first-order valence-electron chi connectivity index (χ1n) is 6.61. The van der Waals surface area contributed by atoms with Crippen molar-refractivity contribution < 1.29 is 9.21 Å². The molecule has 7 heteroatoms. The van der Waals surface area contributed by atoms with Crippen LogP contribution in [0.5, 0.6) is 0 Å². The number of rotatable bonds is 4. The van der Waals surface area contributed by atoms with E-state index in [1.54, 1.807) is 0 Å². The molecule has 114 valence electrons. The summed E-state index contributed by atoms with van der Waals surface area (Å²) in [6.07, 6.45) is 0. The van der Waals surface area contributed by atoms with Crippen LogP contribution < -0.4 is 16.0 Å². The van der Waals surface area contributed by atoms with E-state index >= 15 is 0 Å². The van der Waals surface area contributed by atoms with Gasteiger partial charge in [-0.3, -0.25) is 4.79 Å². The van der Waals surface area contributed by atoms with Crippen molar-refractivity contribution in [2.75, 3.05) is 24.7 Å². The van der Waals surface area contributed by atoms with Crippen LogP contribution in [-0.4, -0.2) is 25.0 Å². The zero-order valence-electron chi connectivity index (χ0n) is 12.9. The predicted molar refractivity (Wildman–Crippen MR) is 84.9 cm³/mol. The molecular weight excluding hydrogens is 288 g/mol. The molecule has 2 aromatic rings. The van der Waals surface area contributed by atoms with Gasteiger partial charge >= 0.3 is 0 Å². The number of thiazole rings is 1. The lowest BCUT2D eigenvalue weighted by Crippen LogP contribution is -2.26. The molecule has 0 aromatic carbocycles. The van der Waals surface area contributed by atoms with Crippen molar-refractivity contribution in [3.8, 4) is 0 Å². The van der Waals surface area contributed by atoms with Crippen LogP contribution >= 0.6 is 11.3 Å². The first-order valence-corrected chi connectivity index (χ1v) is 7.42. The summed E-state index contributed by atoms with van der Waals surface area (Å²) in [6.45, 7) is 5.69. The Labute approximate surface area is 128 Å². The number of nitrogens with two attached hydrogens (primary N) is 1. The van der Waals surface area contributed by atoms with Gasteiger partial charge in [0.15, 0.2) is 5.13 Å². The minimum atomic E-state index is -0.219. The molecule has 0 bridgehead atoms. The molecule has 0 spiro atoms. The molecule has 0 radical (unpaired) electrons. The number of amides is 1. The van der Waals surface area contributed by atoms with Crippen molar-refractivity contribution in [1.29, 1.82) is 0 Å². The highest BCUT2D eigenvalue weighted by Crippen LogP contribution is 2.28. The molecule has 21 heavy (non-hydrogen) atoms. The van der Waals surface area contributed by atoms with Crippen molar-refractivity contribution in [3.05, 3.63) is 28.0 Å². The Kier molecular flexibility index (Phi) is 4.22. The van der Waals surface area contributed by atoms with E-state index < -0.39 is 0 Å². The normalized spacial score (nSPS) is 12.2. The van der Waals surface area contributed by atoms with Crippen molar-refractivity contribution in [3.63, 3.8) is 0 Å². The Morgan fingerprint density at radius 1 is 1.48 bits per heavy atom. The number of furan rings is 1. The topological polar surface area (TPSA) is 84.4 Å². The molecule has 0 aliphatic rings. The Bertz CT molecular complexity index is 660. The average molecular weight is 308 g/mol. The van der Waals surface area contributed by atoms with Gasteiger partial charge in [-0.25, -0.2) is 4.98 Å². The molecule has 0 saturated carbocycles. The van der Waals surface area contributed by atoms with Gasteiger partial charge < -0.3 is 20.4 Å². The Balaban J connectivity index is 2.16. The van der Waals surface area contributed by atoms with E-state index in [-0.39, 0.29) is 17.8 Å². The molecule has 1 unspecified atom stereocenters. The van der Waals surface area contributed by atoms with E-state index in [0.717, 1.165) is 17.1 Å². The number of nitrogen functional groups attached to an aromatic ring is 1. The molecular formula is C14H20N4O2S. The molecule has 0 saturated heterocycles. The largest absolute Gasteiger partial charge is 0.466 e. The number of hydrogen-bond acceptors (Lipinski definition) is 6. The first-order chi connectivity index (χ1) is 9.79. The fourth-order valence-electron chi connectivity index (χ4n) is 2.09. The van der Waals surface area contributed by atoms with Crippen molar-refractivity contribution >= 4 is 28.2 Å². The van der Waals surface area contributed by atoms with Crippen LogP contribution in [0.15, 0.2) is 10.5 Å².